The molecule has 1 saturated carbocycles. The van der Waals surface area contributed by atoms with E-state index in [0.717, 1.165) is 27.4 Å². The lowest BCUT2D eigenvalue weighted by Crippen LogP contribution is -1.87. The van der Waals surface area contributed by atoms with Crippen molar-refractivity contribution in [2.75, 3.05) is 0 Å². The van der Waals surface area contributed by atoms with Gasteiger partial charge in [-0.3, -0.25) is 0 Å². The summed E-state index contributed by atoms with van der Waals surface area (Å²) in [6.45, 7) is 8.00. The van der Waals surface area contributed by atoms with Crippen molar-refractivity contribution in [1.29, 1.82) is 0 Å². The molecular weight excluding hydrogens is 577 g/mol. The number of aliphatic imine (C=N–C) groups is 2. The minimum Gasteiger partial charge on any atom is -0.245 e. The van der Waals surface area contributed by atoms with Gasteiger partial charge in [0.15, 0.2) is 0 Å². The number of hydrogen-bond donors (Lipinski definition) is 0. The highest BCUT2D eigenvalue weighted by atomic mass is 32.1. The maximum absolute atomic E-state index is 4.74. The third kappa shape index (κ3) is 7.38. The maximum atomic E-state index is 4.74. The van der Waals surface area contributed by atoms with Crippen LogP contribution in [0.25, 0.3) is 29.3 Å². The summed E-state index contributed by atoms with van der Waals surface area (Å²) in [7, 11) is 0. The monoisotopic (exact) mass is 610 g/mol. The fraction of sp³-hybridized carbons (Fsp3) is 0.200. The van der Waals surface area contributed by atoms with E-state index in [-0.39, 0.29) is 0 Å². The molecule has 2 aliphatic carbocycles. The van der Waals surface area contributed by atoms with Crippen molar-refractivity contribution in [3.63, 3.8) is 0 Å². The molecule has 2 nitrogen and oxygen atoms in total. The average molecular weight is 611 g/mol. The van der Waals surface area contributed by atoms with Crippen molar-refractivity contribution in [3.05, 3.63) is 108 Å². The van der Waals surface area contributed by atoms with Gasteiger partial charge in [0.05, 0.1) is 0 Å². The van der Waals surface area contributed by atoms with Crippen LogP contribution in [-0.2, 0) is 0 Å². The van der Waals surface area contributed by atoms with Gasteiger partial charge in [0, 0.05) is 41.7 Å². The first-order valence-electron chi connectivity index (χ1n) is 14.2. The molecule has 0 bridgehead atoms. The Morgan fingerprint density at radius 1 is 0.561 bits per heavy atom. The first-order valence-corrected chi connectivity index (χ1v) is 17.5. The summed E-state index contributed by atoms with van der Waals surface area (Å²) in [6.07, 6.45) is 12.1. The van der Waals surface area contributed by atoms with Crippen molar-refractivity contribution < 1.29 is 0 Å². The predicted octanol–water partition coefficient (Wildman–Crippen LogP) is 12.6. The zero-order valence-corrected chi connectivity index (χ0v) is 27.0. The van der Waals surface area contributed by atoms with Crippen molar-refractivity contribution in [2.45, 2.75) is 34.1 Å². The number of benzene rings is 1. The van der Waals surface area contributed by atoms with E-state index in [1.165, 1.54) is 41.3 Å². The molecule has 2 unspecified atom stereocenters. The average Bonchev–Trinajstić information content (AvgIpc) is 3.59. The lowest BCUT2D eigenvalue weighted by molar-refractivity contribution is 0.975. The van der Waals surface area contributed by atoms with Crippen molar-refractivity contribution in [2.24, 2.45) is 21.8 Å². The van der Waals surface area contributed by atoms with Crippen LogP contribution in [0, 0.1) is 11.8 Å². The lowest BCUT2D eigenvalue weighted by Gasteiger charge is -1.98. The van der Waals surface area contributed by atoms with Crippen molar-refractivity contribution >= 4 is 67.8 Å². The predicted molar refractivity (Wildman–Crippen MR) is 188 cm³/mol. The fourth-order valence-corrected chi connectivity index (χ4v) is 8.34. The molecule has 6 heteroatoms. The smallest absolute Gasteiger partial charge is 0.116 e. The van der Waals surface area contributed by atoms with E-state index in [0.29, 0.717) is 0 Å². The minimum atomic E-state index is 0.752. The number of nitrogens with zero attached hydrogens (tertiary/aromatic N) is 2. The molecule has 0 aliphatic heterocycles. The highest BCUT2D eigenvalue weighted by molar-refractivity contribution is 7.29. The molecule has 0 spiro atoms. The Morgan fingerprint density at radius 2 is 1.05 bits per heavy atom. The number of rotatable bonds is 7. The molecule has 0 saturated heterocycles. The van der Waals surface area contributed by atoms with E-state index in [1.807, 2.05) is 81.0 Å². The minimum absolute atomic E-state index is 0.752. The normalized spacial score (nSPS) is 17.0. The Labute approximate surface area is 259 Å². The van der Waals surface area contributed by atoms with Crippen LogP contribution in [0.4, 0.5) is 10.0 Å². The van der Waals surface area contributed by atoms with Gasteiger partial charge in [0.1, 0.15) is 10.0 Å². The summed E-state index contributed by atoms with van der Waals surface area (Å²) >= 11 is 7.18. The van der Waals surface area contributed by atoms with E-state index < -0.39 is 0 Å². The Bertz CT molecular complexity index is 1670. The molecule has 7 rings (SSSR count). The molecule has 41 heavy (non-hydrogen) atoms. The molecule has 5 aromatic rings. The van der Waals surface area contributed by atoms with Crippen LogP contribution in [0.2, 0.25) is 0 Å². The van der Waals surface area contributed by atoms with Crippen LogP contribution >= 0.6 is 45.3 Å². The topological polar surface area (TPSA) is 24.7 Å². The highest BCUT2D eigenvalue weighted by Crippen LogP contribution is 2.45. The van der Waals surface area contributed by atoms with Crippen LogP contribution in [0.5, 0.6) is 0 Å². The number of thiophene rings is 4. The quantitative estimate of drug-likeness (QED) is 0.164. The van der Waals surface area contributed by atoms with Gasteiger partial charge in [0.2, 0.25) is 0 Å². The zero-order chi connectivity index (χ0) is 28.6. The molecule has 0 N–H and O–H groups in total. The summed E-state index contributed by atoms with van der Waals surface area (Å²) in [4.78, 5) is 17.1. The lowest BCUT2D eigenvalue weighted by atomic mass is 10.1. The van der Waals surface area contributed by atoms with Gasteiger partial charge in [0.25, 0.3) is 0 Å². The molecule has 0 radical (unpaired) electrons. The van der Waals surface area contributed by atoms with Gasteiger partial charge in [-0.1, -0.05) is 76.3 Å². The van der Waals surface area contributed by atoms with Gasteiger partial charge in [-0.2, -0.15) is 0 Å². The summed E-state index contributed by atoms with van der Waals surface area (Å²) < 4.78 is 0. The Kier molecular flexibility index (Phi) is 10.1. The summed E-state index contributed by atoms with van der Waals surface area (Å²) in [5.41, 5.74) is 2.35. The Morgan fingerprint density at radius 3 is 1.59 bits per heavy atom. The molecule has 4 aromatic heterocycles. The molecule has 2 atom stereocenters. The number of allylic oxidation sites excluding steroid dienone is 4. The van der Waals surface area contributed by atoms with Crippen LogP contribution in [-0.4, -0.2) is 12.4 Å². The third-order valence-electron chi connectivity index (χ3n) is 6.44. The Hall–Kier alpha value is -3.16. The fourth-order valence-electron chi connectivity index (χ4n) is 4.35. The number of fused-ring (bicyclic) bond motifs is 1. The van der Waals surface area contributed by atoms with Crippen LogP contribution < -0.4 is 0 Å². The molecule has 2 aliphatic rings. The van der Waals surface area contributed by atoms with Crippen LogP contribution in [0.1, 0.15) is 39.7 Å². The standard InChI is InChI=1S/C31H22N2S4.2C2H6/c1-2-4-20(5-3-1)18-32-30-14-12-28(36-30)26-10-8-24(34-26)25-9-11-27(35-25)29-13-15-31(37-29)33-19-21-6-7-22-17-23(22)16-21;2*1-2/h1-16,18-19,22-23H,17H2;2*1-2H3/b32-18+,33-19+;;. The largest absolute Gasteiger partial charge is 0.245 e. The molecular formula is C35H34N2S4. The Balaban J connectivity index is 0.000000810. The third-order valence-corrected chi connectivity index (χ3v) is 11.2. The van der Waals surface area contributed by atoms with E-state index in [4.69, 9.17) is 4.99 Å². The van der Waals surface area contributed by atoms with E-state index in [9.17, 15) is 0 Å². The number of hydrogen-bond acceptors (Lipinski definition) is 6. The first kappa shape index (κ1) is 29.3. The van der Waals surface area contributed by atoms with E-state index >= 15 is 0 Å². The molecule has 0 amide bonds. The van der Waals surface area contributed by atoms with Gasteiger partial charge in [-0.15, -0.1) is 45.3 Å². The van der Waals surface area contributed by atoms with Gasteiger partial charge in [-0.05, 0) is 77.9 Å². The van der Waals surface area contributed by atoms with Gasteiger partial charge in [-0.25, -0.2) is 9.98 Å². The maximum Gasteiger partial charge on any atom is 0.116 e. The van der Waals surface area contributed by atoms with Crippen LogP contribution in [0.15, 0.2) is 113 Å². The van der Waals surface area contributed by atoms with Gasteiger partial charge >= 0.3 is 0 Å². The van der Waals surface area contributed by atoms with E-state index in [1.54, 1.807) is 22.7 Å². The second kappa shape index (κ2) is 14.1. The van der Waals surface area contributed by atoms with Gasteiger partial charge < -0.3 is 0 Å². The second-order valence-corrected chi connectivity index (χ2v) is 13.4. The van der Waals surface area contributed by atoms with Crippen LogP contribution in [0.3, 0.4) is 0 Å². The molecule has 1 fully saturated rings. The van der Waals surface area contributed by atoms with E-state index in [2.05, 4.69) is 83.9 Å². The van der Waals surface area contributed by atoms with Crippen molar-refractivity contribution in [3.8, 4) is 29.3 Å². The van der Waals surface area contributed by atoms with Crippen molar-refractivity contribution in [1.82, 2.24) is 0 Å². The zero-order valence-electron chi connectivity index (χ0n) is 23.8. The molecule has 208 valence electrons. The first-order chi connectivity index (χ1) is 20.3. The molecule has 4 heterocycles. The highest BCUT2D eigenvalue weighted by Gasteiger charge is 2.34. The summed E-state index contributed by atoms with van der Waals surface area (Å²) in [5.74, 6) is 1.54. The summed E-state index contributed by atoms with van der Waals surface area (Å²) in [5, 5.41) is 2.08. The second-order valence-electron chi connectivity index (χ2n) is 9.12. The summed E-state index contributed by atoms with van der Waals surface area (Å²) in [6, 6.07) is 27.8. The molecule has 1 aromatic carbocycles. The SMILES string of the molecule is C1=CC2CC2C=C1/C=N/c1ccc(-c2ccc(-c3ccc(-c4ccc(/N=C/c5ccccc5)s4)s3)s2)s1.CC.CC.